The number of sulfone groups is 1. The average molecular weight is 446 g/mol. The molecule has 0 fully saturated rings. The van der Waals surface area contributed by atoms with E-state index < -0.39 is 15.4 Å². The number of hydrogen-bond donors (Lipinski definition) is 1. The largest absolute Gasteiger partial charge is 0.369 e. The van der Waals surface area contributed by atoms with Gasteiger partial charge in [-0.05, 0) is 59.0 Å². The lowest BCUT2D eigenvalue weighted by atomic mass is 9.81. The van der Waals surface area contributed by atoms with Crippen LogP contribution in [0, 0.1) is 0 Å². The molecule has 1 unspecified atom stereocenters. The van der Waals surface area contributed by atoms with Crippen molar-refractivity contribution in [1.82, 2.24) is 9.88 Å². The zero-order valence-electron chi connectivity index (χ0n) is 17.6. The molecular weight excluding hydrogens is 422 g/mol. The number of rotatable bonds is 4. The Morgan fingerprint density at radius 3 is 2.44 bits per heavy atom. The summed E-state index contributed by atoms with van der Waals surface area (Å²) in [5.74, 6) is 1.26. The van der Waals surface area contributed by atoms with Crippen molar-refractivity contribution in [3.63, 3.8) is 0 Å². The Balaban J connectivity index is 1.71. The average Bonchev–Trinajstić information content (AvgIpc) is 3.13. The van der Waals surface area contributed by atoms with E-state index in [9.17, 15) is 8.42 Å². The molecule has 2 aliphatic rings. The van der Waals surface area contributed by atoms with Crippen LogP contribution in [0.4, 0.5) is 0 Å². The van der Waals surface area contributed by atoms with E-state index in [0.29, 0.717) is 5.96 Å². The van der Waals surface area contributed by atoms with Crippen LogP contribution in [0.25, 0.3) is 11.1 Å². The van der Waals surface area contributed by atoms with Gasteiger partial charge in [0.2, 0.25) is 0 Å². The summed E-state index contributed by atoms with van der Waals surface area (Å²) in [7, 11) is -3.31. The van der Waals surface area contributed by atoms with E-state index >= 15 is 0 Å². The van der Waals surface area contributed by atoms with Crippen LogP contribution in [0.5, 0.6) is 0 Å². The lowest BCUT2D eigenvalue weighted by Gasteiger charge is -2.33. The Morgan fingerprint density at radius 1 is 0.969 bits per heavy atom. The quantitative estimate of drug-likeness (QED) is 0.665. The molecule has 0 radical (unpaired) electrons. The van der Waals surface area contributed by atoms with Gasteiger partial charge < -0.3 is 5.73 Å². The first kappa shape index (κ1) is 20.4. The standard InChI is InChI=1S/C24H23N5O2S/c1-32(30,31)21-8-3-6-18(16-21)17-5-2-7-20(15-17)24(19-9-12-26-13-10-19)22-27-11-4-14-29(22)23(25)28-24/h2-3,5-10,12-13,15-16H,4,11,14H2,1H3,(H2,25,28). The lowest BCUT2D eigenvalue weighted by Crippen LogP contribution is -2.46. The van der Waals surface area contributed by atoms with Gasteiger partial charge in [-0.15, -0.1) is 0 Å². The summed E-state index contributed by atoms with van der Waals surface area (Å²) >= 11 is 0. The number of hydrogen-bond acceptors (Lipinski definition) is 7. The molecular formula is C24H23N5O2S. The third kappa shape index (κ3) is 3.27. The maximum absolute atomic E-state index is 12.1. The Labute approximate surface area is 187 Å². The van der Waals surface area contributed by atoms with Gasteiger partial charge in [-0.25, -0.2) is 13.4 Å². The smallest absolute Gasteiger partial charge is 0.198 e. The number of nitrogens with zero attached hydrogens (tertiary/aromatic N) is 4. The highest BCUT2D eigenvalue weighted by Crippen LogP contribution is 2.42. The van der Waals surface area contributed by atoms with Crippen LogP contribution in [-0.2, 0) is 15.4 Å². The van der Waals surface area contributed by atoms with Crippen molar-refractivity contribution >= 4 is 21.6 Å². The van der Waals surface area contributed by atoms with Crippen molar-refractivity contribution in [3.05, 3.63) is 84.2 Å². The summed E-state index contributed by atoms with van der Waals surface area (Å²) in [6.45, 7) is 1.49. The molecule has 5 rings (SSSR count). The third-order valence-corrected chi connectivity index (χ3v) is 7.02. The topological polar surface area (TPSA) is 101 Å². The molecule has 0 amide bonds. The molecule has 0 saturated carbocycles. The van der Waals surface area contributed by atoms with Gasteiger partial charge in [0.15, 0.2) is 21.3 Å². The number of fused-ring (bicyclic) bond motifs is 1. The van der Waals surface area contributed by atoms with E-state index in [1.807, 2.05) is 47.4 Å². The molecule has 0 spiro atoms. The Hall–Kier alpha value is -3.52. The van der Waals surface area contributed by atoms with Gasteiger partial charge in [-0.2, -0.15) is 0 Å². The number of nitrogens with two attached hydrogens (primary N) is 1. The molecule has 7 nitrogen and oxygen atoms in total. The molecule has 3 heterocycles. The van der Waals surface area contributed by atoms with Crippen molar-refractivity contribution in [2.45, 2.75) is 16.9 Å². The monoisotopic (exact) mass is 445 g/mol. The van der Waals surface area contributed by atoms with Gasteiger partial charge in [-0.3, -0.25) is 14.9 Å². The summed E-state index contributed by atoms with van der Waals surface area (Å²) in [6.07, 6.45) is 5.62. The predicted octanol–water partition coefficient (Wildman–Crippen LogP) is 2.83. The summed E-state index contributed by atoms with van der Waals surface area (Å²) in [6, 6.07) is 18.8. The Bertz CT molecular complexity index is 1350. The summed E-state index contributed by atoms with van der Waals surface area (Å²) in [5.41, 5.74) is 9.05. The second-order valence-corrected chi connectivity index (χ2v) is 10.0. The molecule has 8 heteroatoms. The van der Waals surface area contributed by atoms with E-state index in [1.54, 1.807) is 30.6 Å². The molecule has 1 aromatic heterocycles. The van der Waals surface area contributed by atoms with Crippen molar-refractivity contribution in [2.24, 2.45) is 15.7 Å². The molecule has 1 atom stereocenters. The number of pyridine rings is 1. The van der Waals surface area contributed by atoms with Gasteiger partial charge in [-0.1, -0.05) is 30.3 Å². The molecule has 3 aromatic rings. The molecule has 2 N–H and O–H groups in total. The van der Waals surface area contributed by atoms with Crippen LogP contribution in [0.1, 0.15) is 17.5 Å². The second kappa shape index (κ2) is 7.56. The molecule has 162 valence electrons. The summed E-state index contributed by atoms with van der Waals surface area (Å²) < 4.78 is 24.1. The van der Waals surface area contributed by atoms with Gasteiger partial charge in [0.05, 0.1) is 4.90 Å². The first-order valence-electron chi connectivity index (χ1n) is 10.4. The van der Waals surface area contributed by atoms with Gasteiger partial charge >= 0.3 is 0 Å². The van der Waals surface area contributed by atoms with Crippen molar-refractivity contribution in [3.8, 4) is 11.1 Å². The number of guanidine groups is 1. The zero-order valence-corrected chi connectivity index (χ0v) is 18.5. The molecule has 2 aromatic carbocycles. The fourth-order valence-corrected chi connectivity index (χ4v) is 5.06. The van der Waals surface area contributed by atoms with Gasteiger partial charge in [0.1, 0.15) is 5.84 Å². The van der Waals surface area contributed by atoms with Crippen molar-refractivity contribution < 1.29 is 8.42 Å². The van der Waals surface area contributed by atoms with E-state index in [4.69, 9.17) is 15.7 Å². The van der Waals surface area contributed by atoms with Gasteiger partial charge in [0.25, 0.3) is 0 Å². The molecule has 32 heavy (non-hydrogen) atoms. The van der Waals surface area contributed by atoms with Crippen molar-refractivity contribution in [1.29, 1.82) is 0 Å². The maximum Gasteiger partial charge on any atom is 0.198 e. The molecule has 0 bridgehead atoms. The lowest BCUT2D eigenvalue weighted by molar-refractivity contribution is 0.531. The highest BCUT2D eigenvalue weighted by atomic mass is 32.2. The Morgan fingerprint density at radius 2 is 1.69 bits per heavy atom. The van der Waals surface area contributed by atoms with E-state index in [2.05, 4.69) is 4.98 Å². The van der Waals surface area contributed by atoms with E-state index in [0.717, 1.165) is 47.6 Å². The van der Waals surface area contributed by atoms with Gasteiger partial charge in [0, 0.05) is 31.7 Å². The predicted molar refractivity (Wildman–Crippen MR) is 125 cm³/mol. The first-order chi connectivity index (χ1) is 15.4. The first-order valence-corrected chi connectivity index (χ1v) is 12.3. The maximum atomic E-state index is 12.1. The van der Waals surface area contributed by atoms with Crippen molar-refractivity contribution in [2.75, 3.05) is 19.3 Å². The third-order valence-electron chi connectivity index (χ3n) is 5.91. The Kier molecular flexibility index (Phi) is 4.82. The zero-order chi connectivity index (χ0) is 22.3. The van der Waals surface area contributed by atoms with Crippen LogP contribution in [-0.4, -0.2) is 49.4 Å². The number of amidine groups is 1. The van der Waals surface area contributed by atoms with Crippen LogP contribution in [0.2, 0.25) is 0 Å². The number of aromatic nitrogens is 1. The normalized spacial score (nSPS) is 20.5. The summed E-state index contributed by atoms with van der Waals surface area (Å²) in [4.78, 5) is 16.3. The van der Waals surface area contributed by atoms with Crippen LogP contribution in [0.15, 0.2) is 87.9 Å². The molecule has 2 aliphatic heterocycles. The minimum atomic E-state index is -3.31. The second-order valence-electron chi connectivity index (χ2n) is 8.01. The number of aliphatic imine (C=N–C) groups is 2. The highest BCUT2D eigenvalue weighted by Gasteiger charge is 2.49. The molecule has 0 saturated heterocycles. The fraction of sp³-hybridized carbons (Fsp3) is 0.208. The van der Waals surface area contributed by atoms with E-state index in [-0.39, 0.29) is 4.90 Å². The minimum Gasteiger partial charge on any atom is -0.369 e. The van der Waals surface area contributed by atoms with Crippen LogP contribution in [0.3, 0.4) is 0 Å². The molecule has 0 aliphatic carbocycles. The minimum absolute atomic E-state index is 0.287. The highest BCUT2D eigenvalue weighted by molar-refractivity contribution is 7.90. The SMILES string of the molecule is CS(=O)(=O)c1cccc(-c2cccc(C3(c4ccncc4)N=C(N)N4CCCN=C43)c2)c1. The fourth-order valence-electron chi connectivity index (χ4n) is 4.40. The van der Waals surface area contributed by atoms with E-state index in [1.165, 1.54) is 6.26 Å². The number of benzene rings is 2. The van der Waals surface area contributed by atoms with Crippen LogP contribution < -0.4 is 5.73 Å². The van der Waals surface area contributed by atoms with Crippen LogP contribution >= 0.6 is 0 Å². The summed E-state index contributed by atoms with van der Waals surface area (Å²) in [5, 5.41) is 0.